The zero-order valence-electron chi connectivity index (χ0n) is 11.3. The minimum Gasteiger partial charge on any atom is -0.409 e. The first kappa shape index (κ1) is 13.8. The Labute approximate surface area is 114 Å². The van der Waals surface area contributed by atoms with Crippen molar-refractivity contribution in [1.82, 2.24) is 15.4 Å². The van der Waals surface area contributed by atoms with Crippen LogP contribution in [0.4, 0.5) is 0 Å². The molecule has 0 radical (unpaired) electrons. The van der Waals surface area contributed by atoms with E-state index in [4.69, 9.17) is 8.94 Å². The average Bonchev–Trinajstić information content (AvgIpc) is 2.93. The predicted molar refractivity (Wildman–Crippen MR) is 69.7 cm³/mol. The van der Waals surface area contributed by atoms with Crippen LogP contribution in [0.1, 0.15) is 26.5 Å². The monoisotopic (exact) mass is 281 g/mol. The van der Waals surface area contributed by atoms with Gasteiger partial charge in [0.05, 0.1) is 5.75 Å². The SMILES string of the molecule is Cc1cc(-c2nnc(SCC(=O)C(C)(C)C)o2)no1. The molecule has 0 amide bonds. The maximum absolute atomic E-state index is 11.8. The molecule has 0 aliphatic heterocycles. The van der Waals surface area contributed by atoms with Crippen molar-refractivity contribution in [2.24, 2.45) is 5.41 Å². The Morgan fingerprint density at radius 3 is 2.68 bits per heavy atom. The average molecular weight is 281 g/mol. The quantitative estimate of drug-likeness (QED) is 0.797. The fourth-order valence-corrected chi connectivity index (χ4v) is 2.11. The van der Waals surface area contributed by atoms with Crippen LogP contribution in [0.25, 0.3) is 11.6 Å². The van der Waals surface area contributed by atoms with Crippen molar-refractivity contribution in [3.05, 3.63) is 11.8 Å². The summed E-state index contributed by atoms with van der Waals surface area (Å²) in [6.45, 7) is 7.43. The summed E-state index contributed by atoms with van der Waals surface area (Å²) in [6, 6.07) is 1.71. The summed E-state index contributed by atoms with van der Waals surface area (Å²) in [5.74, 6) is 1.41. The second kappa shape index (κ2) is 5.16. The molecule has 0 aromatic carbocycles. The van der Waals surface area contributed by atoms with Crippen molar-refractivity contribution in [2.75, 3.05) is 5.75 Å². The van der Waals surface area contributed by atoms with Crippen LogP contribution in [-0.2, 0) is 4.79 Å². The second-order valence-corrected chi connectivity index (χ2v) is 6.08. The smallest absolute Gasteiger partial charge is 0.277 e. The van der Waals surface area contributed by atoms with Gasteiger partial charge in [-0.05, 0) is 6.92 Å². The minimum absolute atomic E-state index is 0.134. The largest absolute Gasteiger partial charge is 0.409 e. The van der Waals surface area contributed by atoms with E-state index in [9.17, 15) is 4.79 Å². The van der Waals surface area contributed by atoms with E-state index < -0.39 is 0 Å². The highest BCUT2D eigenvalue weighted by molar-refractivity contribution is 7.99. The van der Waals surface area contributed by atoms with Crippen molar-refractivity contribution < 1.29 is 13.7 Å². The Kier molecular flexibility index (Phi) is 3.75. The van der Waals surface area contributed by atoms with Gasteiger partial charge in [-0.3, -0.25) is 4.79 Å². The minimum atomic E-state index is -0.362. The highest BCUT2D eigenvalue weighted by Gasteiger charge is 2.22. The lowest BCUT2D eigenvalue weighted by Gasteiger charge is -2.14. The van der Waals surface area contributed by atoms with Crippen LogP contribution in [0.5, 0.6) is 0 Å². The van der Waals surface area contributed by atoms with E-state index in [1.165, 1.54) is 11.8 Å². The standard InChI is InChI=1S/C12H15N3O3S/c1-7-5-8(15-18-7)10-13-14-11(17-10)19-6-9(16)12(2,3)4/h5H,6H2,1-4H3. The van der Waals surface area contributed by atoms with Crippen molar-refractivity contribution in [2.45, 2.75) is 32.9 Å². The lowest BCUT2D eigenvalue weighted by molar-refractivity contribution is -0.123. The Bertz CT molecular complexity index is 583. The van der Waals surface area contributed by atoms with Gasteiger partial charge < -0.3 is 8.94 Å². The van der Waals surface area contributed by atoms with E-state index in [-0.39, 0.29) is 11.2 Å². The van der Waals surface area contributed by atoms with Gasteiger partial charge in [-0.2, -0.15) is 0 Å². The number of nitrogens with zero attached hydrogens (tertiary/aromatic N) is 3. The molecule has 0 aliphatic carbocycles. The molecule has 0 atom stereocenters. The third kappa shape index (κ3) is 3.44. The molecule has 102 valence electrons. The van der Waals surface area contributed by atoms with E-state index in [0.717, 1.165) is 0 Å². The number of Topliss-reactive ketones (excluding diaryl/α,β-unsaturated/α-hetero) is 1. The molecule has 0 unspecified atom stereocenters. The Hall–Kier alpha value is -1.63. The van der Waals surface area contributed by atoms with Gasteiger partial charge in [-0.25, -0.2) is 0 Å². The molecule has 2 aromatic rings. The highest BCUT2D eigenvalue weighted by Crippen LogP contribution is 2.25. The Morgan fingerprint density at radius 2 is 2.11 bits per heavy atom. The Balaban J connectivity index is 2.00. The Morgan fingerprint density at radius 1 is 1.37 bits per heavy atom. The number of aromatic nitrogens is 3. The molecule has 2 aromatic heterocycles. The van der Waals surface area contributed by atoms with Gasteiger partial charge in [0.2, 0.25) is 0 Å². The van der Waals surface area contributed by atoms with Crippen LogP contribution in [0, 0.1) is 12.3 Å². The lowest BCUT2D eigenvalue weighted by atomic mass is 9.92. The summed E-state index contributed by atoms with van der Waals surface area (Å²) < 4.78 is 10.3. The van der Waals surface area contributed by atoms with E-state index >= 15 is 0 Å². The van der Waals surface area contributed by atoms with E-state index in [1.54, 1.807) is 13.0 Å². The number of rotatable bonds is 4. The highest BCUT2D eigenvalue weighted by atomic mass is 32.2. The van der Waals surface area contributed by atoms with E-state index in [2.05, 4.69) is 15.4 Å². The second-order valence-electron chi connectivity index (χ2n) is 5.16. The number of thioether (sulfide) groups is 1. The molecule has 2 heterocycles. The molecular formula is C12H15N3O3S. The van der Waals surface area contributed by atoms with Crippen molar-refractivity contribution >= 4 is 17.5 Å². The molecule has 19 heavy (non-hydrogen) atoms. The molecule has 0 bridgehead atoms. The van der Waals surface area contributed by atoms with Crippen LogP contribution < -0.4 is 0 Å². The van der Waals surface area contributed by atoms with Gasteiger partial charge in [-0.1, -0.05) is 37.7 Å². The number of carbonyl (C=O) groups excluding carboxylic acids is 1. The van der Waals surface area contributed by atoms with Gasteiger partial charge in [0, 0.05) is 11.5 Å². The maximum atomic E-state index is 11.8. The van der Waals surface area contributed by atoms with Gasteiger partial charge in [0.1, 0.15) is 11.5 Å². The number of aryl methyl sites for hydroxylation is 1. The molecule has 0 saturated carbocycles. The van der Waals surface area contributed by atoms with Crippen molar-refractivity contribution in [3.8, 4) is 11.6 Å². The molecule has 0 spiro atoms. The summed E-state index contributed by atoms with van der Waals surface area (Å²) in [6.07, 6.45) is 0. The van der Waals surface area contributed by atoms with Crippen molar-refractivity contribution in [1.29, 1.82) is 0 Å². The first-order chi connectivity index (χ1) is 8.86. The fourth-order valence-electron chi connectivity index (χ4n) is 1.18. The van der Waals surface area contributed by atoms with Crippen LogP contribution in [0.15, 0.2) is 20.2 Å². The predicted octanol–water partition coefficient (Wildman–Crippen LogP) is 2.74. The number of hydrogen-bond acceptors (Lipinski definition) is 7. The molecule has 6 nitrogen and oxygen atoms in total. The number of hydrogen-bond donors (Lipinski definition) is 0. The van der Waals surface area contributed by atoms with Crippen LogP contribution in [-0.4, -0.2) is 26.9 Å². The first-order valence-electron chi connectivity index (χ1n) is 5.79. The molecular weight excluding hydrogens is 266 g/mol. The molecule has 0 N–H and O–H groups in total. The summed E-state index contributed by atoms with van der Waals surface area (Å²) in [7, 11) is 0. The fraction of sp³-hybridized carbons (Fsp3) is 0.500. The third-order valence-electron chi connectivity index (χ3n) is 2.42. The van der Waals surface area contributed by atoms with Crippen LogP contribution in [0.2, 0.25) is 0 Å². The summed E-state index contributed by atoms with van der Waals surface area (Å²) in [5.41, 5.74) is 0.137. The van der Waals surface area contributed by atoms with Gasteiger partial charge in [0.25, 0.3) is 11.1 Å². The van der Waals surface area contributed by atoms with E-state index in [1.807, 2.05) is 20.8 Å². The third-order valence-corrected chi connectivity index (χ3v) is 3.24. The van der Waals surface area contributed by atoms with Crippen molar-refractivity contribution in [3.63, 3.8) is 0 Å². The molecule has 0 fully saturated rings. The molecule has 0 saturated heterocycles. The van der Waals surface area contributed by atoms with E-state index in [0.29, 0.717) is 28.3 Å². The van der Waals surface area contributed by atoms with Gasteiger partial charge >= 0.3 is 0 Å². The maximum Gasteiger partial charge on any atom is 0.277 e. The van der Waals surface area contributed by atoms with Gasteiger partial charge in [0.15, 0.2) is 5.69 Å². The number of carbonyl (C=O) groups is 1. The first-order valence-corrected chi connectivity index (χ1v) is 6.78. The zero-order valence-corrected chi connectivity index (χ0v) is 12.1. The summed E-state index contributed by atoms with van der Waals surface area (Å²) in [5, 5.41) is 11.9. The molecule has 7 heteroatoms. The normalized spacial score (nSPS) is 11.8. The molecule has 2 rings (SSSR count). The topological polar surface area (TPSA) is 82.0 Å². The number of ketones is 1. The lowest BCUT2D eigenvalue weighted by Crippen LogP contribution is -2.21. The summed E-state index contributed by atoms with van der Waals surface area (Å²) in [4.78, 5) is 11.8. The summed E-state index contributed by atoms with van der Waals surface area (Å²) >= 11 is 1.23. The zero-order chi connectivity index (χ0) is 14.0. The van der Waals surface area contributed by atoms with Gasteiger partial charge in [-0.15, -0.1) is 10.2 Å². The van der Waals surface area contributed by atoms with Crippen LogP contribution in [0.3, 0.4) is 0 Å². The molecule has 0 aliphatic rings. The van der Waals surface area contributed by atoms with Crippen LogP contribution >= 0.6 is 11.8 Å².